The summed E-state index contributed by atoms with van der Waals surface area (Å²) in [6.45, 7) is 0.113. The van der Waals surface area contributed by atoms with Gasteiger partial charge in [0.25, 0.3) is 0 Å². The third-order valence-corrected chi connectivity index (χ3v) is 2.42. The van der Waals surface area contributed by atoms with Gasteiger partial charge in [-0.3, -0.25) is 0 Å². The van der Waals surface area contributed by atoms with Gasteiger partial charge >= 0.3 is 0 Å². The SMILES string of the molecule is OCC(CO)NCc1cc(F)cc(Br)c1. The van der Waals surface area contributed by atoms with Crippen molar-refractivity contribution in [1.82, 2.24) is 5.32 Å². The summed E-state index contributed by atoms with van der Waals surface area (Å²) in [6.07, 6.45) is 0. The van der Waals surface area contributed by atoms with Crippen LogP contribution in [0.3, 0.4) is 0 Å². The topological polar surface area (TPSA) is 52.5 Å². The van der Waals surface area contributed by atoms with E-state index in [0.29, 0.717) is 11.0 Å². The number of hydrogen-bond acceptors (Lipinski definition) is 3. The molecule has 3 N–H and O–H groups in total. The van der Waals surface area contributed by atoms with Crippen molar-refractivity contribution in [3.8, 4) is 0 Å². The molecule has 0 fully saturated rings. The zero-order valence-corrected chi connectivity index (χ0v) is 9.67. The molecule has 0 unspecified atom stereocenters. The molecule has 0 heterocycles. The van der Waals surface area contributed by atoms with E-state index in [-0.39, 0.29) is 25.1 Å². The van der Waals surface area contributed by atoms with Crippen molar-refractivity contribution >= 4 is 15.9 Å². The van der Waals surface area contributed by atoms with Gasteiger partial charge in [0.2, 0.25) is 0 Å². The highest BCUT2D eigenvalue weighted by molar-refractivity contribution is 9.10. The van der Waals surface area contributed by atoms with Crippen molar-refractivity contribution in [2.75, 3.05) is 13.2 Å². The molecule has 0 spiro atoms. The Bertz CT molecular complexity index is 298. The standard InChI is InChI=1S/C10H13BrFNO2/c11-8-1-7(2-9(12)3-8)4-13-10(5-14)6-15/h1-3,10,13-15H,4-6H2. The molecule has 84 valence electrons. The first-order valence-corrected chi connectivity index (χ1v) is 5.35. The molecule has 0 saturated carbocycles. The Balaban J connectivity index is 2.57. The van der Waals surface area contributed by atoms with Gasteiger partial charge in [-0.2, -0.15) is 0 Å². The summed E-state index contributed by atoms with van der Waals surface area (Å²) in [7, 11) is 0. The second-order valence-electron chi connectivity index (χ2n) is 3.22. The molecule has 3 nitrogen and oxygen atoms in total. The van der Waals surface area contributed by atoms with Crippen LogP contribution in [0.5, 0.6) is 0 Å². The minimum atomic E-state index is -0.368. The third kappa shape index (κ3) is 4.25. The van der Waals surface area contributed by atoms with Crippen LogP contribution in [0.4, 0.5) is 4.39 Å². The molecule has 0 aliphatic heterocycles. The Hall–Kier alpha value is -0.490. The number of aliphatic hydroxyl groups excluding tert-OH is 2. The normalized spacial score (nSPS) is 11.0. The molecule has 0 bridgehead atoms. The largest absolute Gasteiger partial charge is 0.395 e. The Kier molecular flexibility index (Phi) is 5.17. The van der Waals surface area contributed by atoms with Crippen molar-refractivity contribution in [3.05, 3.63) is 34.1 Å². The third-order valence-electron chi connectivity index (χ3n) is 1.96. The molecule has 15 heavy (non-hydrogen) atoms. The van der Waals surface area contributed by atoms with Crippen LogP contribution in [0.25, 0.3) is 0 Å². The van der Waals surface area contributed by atoms with Crippen molar-refractivity contribution < 1.29 is 14.6 Å². The average molecular weight is 278 g/mol. The highest BCUT2D eigenvalue weighted by Crippen LogP contribution is 2.14. The highest BCUT2D eigenvalue weighted by Gasteiger charge is 2.05. The molecule has 0 radical (unpaired) electrons. The maximum absolute atomic E-state index is 13.0. The minimum Gasteiger partial charge on any atom is -0.395 e. The average Bonchev–Trinajstić information content (AvgIpc) is 2.18. The van der Waals surface area contributed by atoms with Crippen molar-refractivity contribution in [3.63, 3.8) is 0 Å². The van der Waals surface area contributed by atoms with Gasteiger partial charge in [0.15, 0.2) is 0 Å². The zero-order valence-electron chi connectivity index (χ0n) is 8.08. The number of halogens is 2. The summed E-state index contributed by atoms with van der Waals surface area (Å²) < 4.78 is 13.6. The van der Waals surface area contributed by atoms with E-state index < -0.39 is 0 Å². The fourth-order valence-electron chi connectivity index (χ4n) is 1.16. The summed E-state index contributed by atoms with van der Waals surface area (Å²) in [5, 5.41) is 20.5. The predicted octanol–water partition coefficient (Wildman–Crippen LogP) is 1.03. The smallest absolute Gasteiger partial charge is 0.124 e. The van der Waals surface area contributed by atoms with Crippen LogP contribution in [-0.4, -0.2) is 29.5 Å². The van der Waals surface area contributed by atoms with Gasteiger partial charge in [-0.05, 0) is 23.8 Å². The molecule has 1 aromatic rings. The predicted molar refractivity (Wildman–Crippen MR) is 58.9 cm³/mol. The molecule has 0 aliphatic carbocycles. The van der Waals surface area contributed by atoms with Crippen LogP contribution in [0.15, 0.2) is 22.7 Å². The number of aliphatic hydroxyl groups is 2. The first kappa shape index (κ1) is 12.6. The van der Waals surface area contributed by atoms with E-state index in [2.05, 4.69) is 21.2 Å². The lowest BCUT2D eigenvalue weighted by Crippen LogP contribution is -2.35. The molecule has 1 rings (SSSR count). The van der Waals surface area contributed by atoms with Crippen LogP contribution in [0.2, 0.25) is 0 Å². The minimum absolute atomic E-state index is 0.146. The van der Waals surface area contributed by atoms with Crippen molar-refractivity contribution in [2.24, 2.45) is 0 Å². The summed E-state index contributed by atoms with van der Waals surface area (Å²) in [4.78, 5) is 0. The Morgan fingerprint density at radius 1 is 1.27 bits per heavy atom. The molecular weight excluding hydrogens is 265 g/mol. The van der Waals surface area contributed by atoms with E-state index in [1.807, 2.05) is 0 Å². The van der Waals surface area contributed by atoms with Crippen molar-refractivity contribution in [1.29, 1.82) is 0 Å². The van der Waals surface area contributed by atoms with Gasteiger partial charge in [-0.1, -0.05) is 15.9 Å². The fourth-order valence-corrected chi connectivity index (χ4v) is 1.67. The van der Waals surface area contributed by atoms with Gasteiger partial charge < -0.3 is 15.5 Å². The van der Waals surface area contributed by atoms with E-state index in [9.17, 15) is 4.39 Å². The first-order valence-electron chi connectivity index (χ1n) is 4.55. The lowest BCUT2D eigenvalue weighted by molar-refractivity contribution is 0.170. The monoisotopic (exact) mass is 277 g/mol. The molecule has 0 aromatic heterocycles. The second kappa shape index (κ2) is 6.17. The quantitative estimate of drug-likeness (QED) is 0.754. The Labute approximate surface area is 96.1 Å². The van der Waals surface area contributed by atoms with E-state index in [0.717, 1.165) is 5.56 Å². The van der Waals surface area contributed by atoms with Crippen LogP contribution >= 0.6 is 15.9 Å². The molecule has 0 amide bonds. The number of benzene rings is 1. The maximum atomic E-state index is 13.0. The lowest BCUT2D eigenvalue weighted by atomic mass is 10.2. The van der Waals surface area contributed by atoms with E-state index in [1.54, 1.807) is 6.07 Å². The maximum Gasteiger partial charge on any atom is 0.124 e. The molecule has 0 atom stereocenters. The molecular formula is C10H13BrFNO2. The van der Waals surface area contributed by atoms with Gasteiger partial charge in [0.05, 0.1) is 19.3 Å². The molecule has 0 saturated heterocycles. The Morgan fingerprint density at radius 3 is 2.47 bits per heavy atom. The van der Waals surface area contributed by atoms with Crippen LogP contribution in [0, 0.1) is 5.82 Å². The molecule has 5 heteroatoms. The van der Waals surface area contributed by atoms with E-state index in [4.69, 9.17) is 10.2 Å². The van der Waals surface area contributed by atoms with E-state index >= 15 is 0 Å². The molecule has 0 aliphatic rings. The van der Waals surface area contributed by atoms with E-state index in [1.165, 1.54) is 12.1 Å². The second-order valence-corrected chi connectivity index (χ2v) is 4.14. The van der Waals surface area contributed by atoms with Crippen LogP contribution in [0.1, 0.15) is 5.56 Å². The van der Waals surface area contributed by atoms with Crippen LogP contribution < -0.4 is 5.32 Å². The summed E-state index contributed by atoms with van der Waals surface area (Å²) in [5.41, 5.74) is 0.758. The first-order chi connectivity index (χ1) is 7.15. The number of rotatable bonds is 5. The lowest BCUT2D eigenvalue weighted by Gasteiger charge is -2.13. The number of nitrogens with one attached hydrogen (secondary N) is 1. The zero-order chi connectivity index (χ0) is 11.3. The van der Waals surface area contributed by atoms with Gasteiger partial charge in [-0.25, -0.2) is 4.39 Å². The summed E-state index contributed by atoms with van der Waals surface area (Å²) in [5.74, 6) is -0.314. The van der Waals surface area contributed by atoms with Crippen molar-refractivity contribution in [2.45, 2.75) is 12.6 Å². The van der Waals surface area contributed by atoms with Crippen LogP contribution in [-0.2, 0) is 6.54 Å². The highest BCUT2D eigenvalue weighted by atomic mass is 79.9. The summed E-state index contributed by atoms with van der Waals surface area (Å²) in [6, 6.07) is 4.19. The summed E-state index contributed by atoms with van der Waals surface area (Å²) >= 11 is 3.19. The number of hydrogen-bond donors (Lipinski definition) is 3. The van der Waals surface area contributed by atoms with Gasteiger partial charge in [-0.15, -0.1) is 0 Å². The van der Waals surface area contributed by atoms with Gasteiger partial charge in [0.1, 0.15) is 5.82 Å². The molecule has 1 aromatic carbocycles. The Morgan fingerprint density at radius 2 is 1.93 bits per heavy atom. The fraction of sp³-hybridized carbons (Fsp3) is 0.400. The van der Waals surface area contributed by atoms with Gasteiger partial charge in [0, 0.05) is 11.0 Å².